The van der Waals surface area contributed by atoms with Crippen LogP contribution < -0.4 is 0 Å². The van der Waals surface area contributed by atoms with E-state index in [2.05, 4.69) is 4.98 Å². The number of fused-ring (bicyclic) bond motifs is 1. The number of imidazole rings is 1. The van der Waals surface area contributed by atoms with Gasteiger partial charge in [-0.05, 0) is 18.4 Å². The Labute approximate surface area is 84.6 Å². The van der Waals surface area contributed by atoms with Crippen molar-refractivity contribution in [2.24, 2.45) is 0 Å². The molecule has 0 saturated heterocycles. The van der Waals surface area contributed by atoms with E-state index in [1.165, 1.54) is 11.8 Å². The van der Waals surface area contributed by atoms with Crippen LogP contribution in [0.2, 0.25) is 0 Å². The molecule has 0 aliphatic heterocycles. The van der Waals surface area contributed by atoms with Crippen LogP contribution in [0.5, 0.6) is 0 Å². The first-order chi connectivity index (χ1) is 6.74. The third-order valence-electron chi connectivity index (χ3n) is 1.89. The Morgan fingerprint density at radius 1 is 1.57 bits per heavy atom. The lowest BCUT2D eigenvalue weighted by Gasteiger charge is -1.95. The van der Waals surface area contributed by atoms with Gasteiger partial charge in [0.1, 0.15) is 10.7 Å². The summed E-state index contributed by atoms with van der Waals surface area (Å²) in [6.07, 6.45) is 3.51. The number of carbonyl (C=O) groups is 1. The van der Waals surface area contributed by atoms with Crippen LogP contribution in [0.3, 0.4) is 0 Å². The topological polar surface area (TPSA) is 54.6 Å². The summed E-state index contributed by atoms with van der Waals surface area (Å²) in [5.74, 6) is -0.951. The molecular weight excluding hydrogens is 200 g/mol. The van der Waals surface area contributed by atoms with Gasteiger partial charge in [0, 0.05) is 6.20 Å². The number of rotatable bonds is 2. The SMILES string of the molecule is CSc1nc2ccccn2c1C(=O)O. The first-order valence-corrected chi connectivity index (χ1v) is 5.21. The lowest BCUT2D eigenvalue weighted by atomic mass is 10.4. The number of carboxylic acid groups (broad SMARTS) is 1. The summed E-state index contributed by atoms with van der Waals surface area (Å²) >= 11 is 1.34. The molecule has 0 aliphatic rings. The standard InChI is InChI=1S/C9H8N2O2S/c1-14-8-7(9(12)13)11-5-3-2-4-6(11)10-8/h2-5H,1H3,(H,12,13). The van der Waals surface area contributed by atoms with E-state index in [1.807, 2.05) is 12.3 Å². The van der Waals surface area contributed by atoms with Crippen molar-refractivity contribution in [3.8, 4) is 0 Å². The highest BCUT2D eigenvalue weighted by molar-refractivity contribution is 7.98. The van der Waals surface area contributed by atoms with Crippen LogP contribution in [-0.2, 0) is 0 Å². The molecule has 0 aromatic carbocycles. The molecule has 0 aliphatic carbocycles. The fourth-order valence-electron chi connectivity index (χ4n) is 1.31. The highest BCUT2D eigenvalue weighted by atomic mass is 32.2. The van der Waals surface area contributed by atoms with E-state index in [0.717, 1.165) is 0 Å². The van der Waals surface area contributed by atoms with Crippen molar-refractivity contribution in [1.82, 2.24) is 9.38 Å². The Hall–Kier alpha value is -1.49. The van der Waals surface area contributed by atoms with Crippen LogP contribution in [0.15, 0.2) is 29.4 Å². The summed E-state index contributed by atoms with van der Waals surface area (Å²) in [5, 5.41) is 9.55. The van der Waals surface area contributed by atoms with Gasteiger partial charge < -0.3 is 5.11 Å². The molecule has 0 amide bonds. The van der Waals surface area contributed by atoms with Gasteiger partial charge >= 0.3 is 5.97 Å². The number of hydrogen-bond donors (Lipinski definition) is 1. The van der Waals surface area contributed by atoms with E-state index in [9.17, 15) is 4.79 Å². The van der Waals surface area contributed by atoms with Gasteiger partial charge in [0.25, 0.3) is 0 Å². The zero-order valence-corrected chi connectivity index (χ0v) is 8.28. The van der Waals surface area contributed by atoms with Gasteiger partial charge in [-0.15, -0.1) is 11.8 Å². The average molecular weight is 208 g/mol. The van der Waals surface area contributed by atoms with Crippen LogP contribution in [0, 0.1) is 0 Å². The number of thioether (sulfide) groups is 1. The number of aromatic carboxylic acids is 1. The van der Waals surface area contributed by atoms with E-state index in [0.29, 0.717) is 10.7 Å². The molecule has 0 spiro atoms. The third kappa shape index (κ3) is 1.26. The number of nitrogens with zero attached hydrogens (tertiary/aromatic N) is 2. The zero-order chi connectivity index (χ0) is 10.1. The van der Waals surface area contributed by atoms with Crippen LogP contribution >= 0.6 is 11.8 Å². The van der Waals surface area contributed by atoms with Crippen molar-refractivity contribution in [3.63, 3.8) is 0 Å². The van der Waals surface area contributed by atoms with Gasteiger partial charge in [0.15, 0.2) is 5.69 Å². The summed E-state index contributed by atoms with van der Waals surface area (Å²) in [4.78, 5) is 15.2. The minimum atomic E-state index is -0.951. The maximum absolute atomic E-state index is 11.0. The lowest BCUT2D eigenvalue weighted by molar-refractivity contribution is 0.0685. The molecule has 2 aromatic heterocycles. The third-order valence-corrected chi connectivity index (χ3v) is 2.57. The van der Waals surface area contributed by atoms with Crippen LogP contribution in [0.4, 0.5) is 0 Å². The average Bonchev–Trinajstić information content (AvgIpc) is 2.55. The van der Waals surface area contributed by atoms with Gasteiger partial charge in [0.05, 0.1) is 0 Å². The molecule has 5 heteroatoms. The van der Waals surface area contributed by atoms with Crippen molar-refractivity contribution < 1.29 is 9.90 Å². The highest BCUT2D eigenvalue weighted by Gasteiger charge is 2.16. The second-order valence-corrected chi connectivity index (χ2v) is 3.50. The number of hydrogen-bond acceptors (Lipinski definition) is 3. The van der Waals surface area contributed by atoms with Gasteiger partial charge in [-0.3, -0.25) is 4.40 Å². The molecule has 0 fully saturated rings. The lowest BCUT2D eigenvalue weighted by Crippen LogP contribution is -2.02. The summed E-state index contributed by atoms with van der Waals surface area (Å²) < 4.78 is 1.58. The maximum atomic E-state index is 11.0. The Kier molecular flexibility index (Phi) is 2.17. The molecule has 14 heavy (non-hydrogen) atoms. The number of aromatic nitrogens is 2. The summed E-state index contributed by atoms with van der Waals surface area (Å²) in [6.45, 7) is 0. The molecule has 72 valence electrons. The first-order valence-electron chi connectivity index (χ1n) is 3.98. The molecule has 0 atom stereocenters. The van der Waals surface area contributed by atoms with Crippen LogP contribution in [0.1, 0.15) is 10.5 Å². The van der Waals surface area contributed by atoms with E-state index >= 15 is 0 Å². The minimum absolute atomic E-state index is 0.230. The fourth-order valence-corrected chi connectivity index (χ4v) is 1.87. The van der Waals surface area contributed by atoms with Gasteiger partial charge in [-0.1, -0.05) is 6.07 Å². The predicted molar refractivity (Wildman–Crippen MR) is 53.9 cm³/mol. The van der Waals surface area contributed by atoms with Gasteiger partial charge in [-0.25, -0.2) is 9.78 Å². The van der Waals surface area contributed by atoms with E-state index in [-0.39, 0.29) is 5.69 Å². The fraction of sp³-hybridized carbons (Fsp3) is 0.111. The molecule has 0 unspecified atom stereocenters. The van der Waals surface area contributed by atoms with Gasteiger partial charge in [-0.2, -0.15) is 0 Å². The van der Waals surface area contributed by atoms with Crippen molar-refractivity contribution in [3.05, 3.63) is 30.1 Å². The smallest absolute Gasteiger partial charge is 0.355 e. The first kappa shape index (κ1) is 9.08. The van der Waals surface area contributed by atoms with Crippen LogP contribution in [-0.4, -0.2) is 26.7 Å². The molecular formula is C9H8N2O2S. The van der Waals surface area contributed by atoms with Crippen LogP contribution in [0.25, 0.3) is 5.65 Å². The van der Waals surface area contributed by atoms with Crippen molar-refractivity contribution in [2.45, 2.75) is 5.03 Å². The molecule has 1 N–H and O–H groups in total. The highest BCUT2D eigenvalue weighted by Crippen LogP contribution is 2.20. The molecule has 0 saturated carbocycles. The monoisotopic (exact) mass is 208 g/mol. The van der Waals surface area contributed by atoms with Crippen molar-refractivity contribution >= 4 is 23.4 Å². The summed E-state index contributed by atoms with van der Waals surface area (Å²) in [5.41, 5.74) is 0.891. The van der Waals surface area contributed by atoms with E-state index in [1.54, 1.807) is 22.7 Å². The molecule has 4 nitrogen and oxygen atoms in total. The Bertz CT molecular complexity index is 493. The van der Waals surface area contributed by atoms with Crippen molar-refractivity contribution in [1.29, 1.82) is 0 Å². The second kappa shape index (κ2) is 3.34. The molecule has 0 radical (unpaired) electrons. The summed E-state index contributed by atoms with van der Waals surface area (Å²) in [6, 6.07) is 5.40. The molecule has 2 rings (SSSR count). The Balaban J connectivity index is 2.81. The quantitative estimate of drug-likeness (QED) is 0.764. The van der Waals surface area contributed by atoms with E-state index in [4.69, 9.17) is 5.11 Å². The summed E-state index contributed by atoms with van der Waals surface area (Å²) in [7, 11) is 0. The number of carboxylic acids is 1. The maximum Gasteiger partial charge on any atom is 0.355 e. The second-order valence-electron chi connectivity index (χ2n) is 2.70. The Morgan fingerprint density at radius 3 is 3.00 bits per heavy atom. The number of pyridine rings is 1. The normalized spacial score (nSPS) is 10.6. The Morgan fingerprint density at radius 2 is 2.36 bits per heavy atom. The predicted octanol–water partition coefficient (Wildman–Crippen LogP) is 1.75. The van der Waals surface area contributed by atoms with E-state index < -0.39 is 5.97 Å². The largest absolute Gasteiger partial charge is 0.476 e. The minimum Gasteiger partial charge on any atom is -0.476 e. The molecule has 0 bridgehead atoms. The molecule has 2 aromatic rings. The van der Waals surface area contributed by atoms with Gasteiger partial charge in [0.2, 0.25) is 0 Å². The molecule has 2 heterocycles. The van der Waals surface area contributed by atoms with Crippen molar-refractivity contribution in [2.75, 3.05) is 6.26 Å². The zero-order valence-electron chi connectivity index (χ0n) is 7.47.